The lowest BCUT2D eigenvalue weighted by Gasteiger charge is -2.23. The summed E-state index contributed by atoms with van der Waals surface area (Å²) in [6.45, 7) is 4.54. The number of hydrogen-bond donors (Lipinski definition) is 4. The van der Waals surface area contributed by atoms with E-state index >= 15 is 0 Å². The summed E-state index contributed by atoms with van der Waals surface area (Å²) in [6.07, 6.45) is 4.61. The van der Waals surface area contributed by atoms with Crippen molar-refractivity contribution in [3.05, 3.63) is 52.1 Å². The van der Waals surface area contributed by atoms with Crippen molar-refractivity contribution >= 4 is 29.2 Å². The molecule has 4 rings (SSSR count). The van der Waals surface area contributed by atoms with Gasteiger partial charge in [-0.1, -0.05) is 0 Å². The highest BCUT2D eigenvalue weighted by molar-refractivity contribution is 6.34. The van der Waals surface area contributed by atoms with Crippen LogP contribution in [-0.2, 0) is 22.4 Å². The molecular weight excluding hydrogens is 383 g/mol. The van der Waals surface area contributed by atoms with Crippen molar-refractivity contribution in [3.8, 4) is 0 Å². The highest BCUT2D eigenvalue weighted by atomic mass is 19.1. The lowest BCUT2D eigenvalue weighted by molar-refractivity contribution is -0.122. The monoisotopic (exact) mass is 410 g/mol. The number of likely N-dealkylation sites (N-methyl/N-ethyl adjacent to an activating group) is 1. The number of carbonyl (C=O) groups is 2. The third-order valence-electron chi connectivity index (χ3n) is 6.25. The van der Waals surface area contributed by atoms with Gasteiger partial charge in [0.1, 0.15) is 5.82 Å². The number of halogens is 1. The zero-order valence-corrected chi connectivity index (χ0v) is 17.5. The number of fused-ring (bicyclic) bond motifs is 2. The zero-order chi connectivity index (χ0) is 21.4. The van der Waals surface area contributed by atoms with Crippen LogP contribution in [0.4, 0.5) is 10.1 Å². The molecule has 2 heterocycles. The van der Waals surface area contributed by atoms with Gasteiger partial charge in [0.2, 0.25) is 5.91 Å². The van der Waals surface area contributed by atoms with Gasteiger partial charge in [0.15, 0.2) is 0 Å². The number of nitrogens with one attached hydrogen (secondary N) is 4. The van der Waals surface area contributed by atoms with Crippen molar-refractivity contribution < 1.29 is 14.0 Å². The third kappa shape index (κ3) is 3.77. The Morgan fingerprint density at radius 3 is 2.97 bits per heavy atom. The Labute approximate surface area is 175 Å². The van der Waals surface area contributed by atoms with E-state index in [1.807, 2.05) is 13.0 Å². The summed E-state index contributed by atoms with van der Waals surface area (Å²) in [5.41, 5.74) is 6.14. The van der Waals surface area contributed by atoms with Crippen LogP contribution in [-0.4, -0.2) is 36.4 Å². The molecule has 2 aromatic rings. The first-order valence-electron chi connectivity index (χ1n) is 10.4. The van der Waals surface area contributed by atoms with Crippen molar-refractivity contribution in [1.29, 1.82) is 0 Å². The van der Waals surface area contributed by atoms with E-state index in [0.29, 0.717) is 29.3 Å². The topological polar surface area (TPSA) is 86.0 Å². The van der Waals surface area contributed by atoms with E-state index in [1.165, 1.54) is 17.7 Å². The van der Waals surface area contributed by atoms with Crippen LogP contribution in [0.2, 0.25) is 0 Å². The van der Waals surface area contributed by atoms with E-state index in [9.17, 15) is 14.0 Å². The molecule has 0 saturated heterocycles. The molecule has 6 nitrogen and oxygen atoms in total. The van der Waals surface area contributed by atoms with Crippen LogP contribution < -0.4 is 16.0 Å². The Kier molecular flexibility index (Phi) is 5.47. The molecule has 1 aromatic carbocycles. The molecular formula is C23H27FN4O2. The number of benzene rings is 1. The molecule has 2 aliphatic rings. The molecule has 2 amide bonds. The van der Waals surface area contributed by atoms with E-state index in [-0.39, 0.29) is 23.7 Å². The minimum absolute atomic E-state index is 0.00882. The number of aromatic nitrogens is 1. The maximum atomic E-state index is 13.7. The summed E-state index contributed by atoms with van der Waals surface area (Å²) in [5.74, 6) is -0.207. The molecule has 1 aliphatic heterocycles. The summed E-state index contributed by atoms with van der Waals surface area (Å²) in [6, 6.07) is 4.11. The third-order valence-corrected chi connectivity index (χ3v) is 6.25. The standard InChI is InChI=1S/C23H27FN4O2/c1-12-16-6-4-14(11-26-22(29)13(2)25-3)8-21(16)27-20(12)10-18-17-9-15(24)5-7-19(17)28-23(18)30/h5,7,9-10,13-14,25,27H,4,6,8,11H2,1-3H3,(H,26,29)(H,28,30)/b18-10-/t13-,14?/m0/s1. The summed E-state index contributed by atoms with van der Waals surface area (Å²) < 4.78 is 13.7. The predicted molar refractivity (Wildman–Crippen MR) is 115 cm³/mol. The maximum absolute atomic E-state index is 13.7. The van der Waals surface area contributed by atoms with Gasteiger partial charge in [-0.25, -0.2) is 4.39 Å². The highest BCUT2D eigenvalue weighted by Crippen LogP contribution is 2.36. The van der Waals surface area contributed by atoms with E-state index in [4.69, 9.17) is 0 Å². The second-order valence-corrected chi connectivity index (χ2v) is 8.19. The molecule has 0 radical (unpaired) electrons. The minimum atomic E-state index is -0.365. The molecule has 7 heteroatoms. The summed E-state index contributed by atoms with van der Waals surface area (Å²) >= 11 is 0. The first kappa shape index (κ1) is 20.3. The number of amides is 2. The molecule has 0 spiro atoms. The largest absolute Gasteiger partial charge is 0.358 e. The lowest BCUT2D eigenvalue weighted by Crippen LogP contribution is -2.42. The van der Waals surface area contributed by atoms with Crippen LogP contribution in [0.25, 0.3) is 11.6 Å². The van der Waals surface area contributed by atoms with Gasteiger partial charge in [-0.2, -0.15) is 0 Å². The van der Waals surface area contributed by atoms with E-state index < -0.39 is 0 Å². The number of carbonyl (C=O) groups excluding carboxylic acids is 2. The molecule has 1 unspecified atom stereocenters. The van der Waals surface area contributed by atoms with Gasteiger partial charge in [-0.15, -0.1) is 0 Å². The van der Waals surface area contributed by atoms with Crippen LogP contribution in [0, 0.1) is 18.7 Å². The Morgan fingerprint density at radius 1 is 1.40 bits per heavy atom. The van der Waals surface area contributed by atoms with Gasteiger partial charge in [0.25, 0.3) is 5.91 Å². The Balaban J connectivity index is 1.53. The zero-order valence-electron chi connectivity index (χ0n) is 17.5. The normalized spacial score (nSPS) is 19.9. The van der Waals surface area contributed by atoms with Crippen LogP contribution in [0.1, 0.15) is 41.4 Å². The van der Waals surface area contributed by atoms with Gasteiger partial charge in [-0.3, -0.25) is 9.59 Å². The maximum Gasteiger partial charge on any atom is 0.256 e. The summed E-state index contributed by atoms with van der Waals surface area (Å²) in [4.78, 5) is 27.9. The van der Waals surface area contributed by atoms with Gasteiger partial charge >= 0.3 is 0 Å². The van der Waals surface area contributed by atoms with Crippen molar-refractivity contribution in [2.45, 2.75) is 39.2 Å². The number of H-pyrrole nitrogens is 1. The minimum Gasteiger partial charge on any atom is -0.358 e. The number of aromatic amines is 1. The lowest BCUT2D eigenvalue weighted by atomic mass is 9.86. The quantitative estimate of drug-likeness (QED) is 0.572. The van der Waals surface area contributed by atoms with Crippen molar-refractivity contribution in [2.75, 3.05) is 18.9 Å². The van der Waals surface area contributed by atoms with Crippen molar-refractivity contribution in [3.63, 3.8) is 0 Å². The molecule has 0 fully saturated rings. The average Bonchev–Trinajstić information content (AvgIpc) is 3.21. The Morgan fingerprint density at radius 2 is 2.20 bits per heavy atom. The van der Waals surface area contributed by atoms with Crippen molar-refractivity contribution in [1.82, 2.24) is 15.6 Å². The molecule has 1 aliphatic carbocycles. The second kappa shape index (κ2) is 8.07. The number of hydrogen-bond acceptors (Lipinski definition) is 3. The number of rotatable bonds is 5. The summed E-state index contributed by atoms with van der Waals surface area (Å²) in [5, 5.41) is 8.76. The van der Waals surface area contributed by atoms with Crippen LogP contribution >= 0.6 is 0 Å². The fraction of sp³-hybridized carbons (Fsp3) is 0.391. The molecule has 0 bridgehead atoms. The SMILES string of the molecule is CN[C@@H](C)C(=O)NCC1CCc2c([nH]c(/C=C3\C(=O)Nc4ccc(F)cc43)c2C)C1. The highest BCUT2D eigenvalue weighted by Gasteiger charge is 2.27. The van der Waals surface area contributed by atoms with Crippen LogP contribution in [0.15, 0.2) is 18.2 Å². The Hall–Kier alpha value is -2.93. The molecule has 30 heavy (non-hydrogen) atoms. The van der Waals surface area contributed by atoms with Gasteiger partial charge < -0.3 is 20.9 Å². The van der Waals surface area contributed by atoms with Crippen molar-refractivity contribution in [2.24, 2.45) is 5.92 Å². The molecule has 4 N–H and O–H groups in total. The molecule has 1 aromatic heterocycles. The van der Waals surface area contributed by atoms with Gasteiger partial charge in [-0.05, 0) is 81.5 Å². The molecule has 158 valence electrons. The van der Waals surface area contributed by atoms with E-state index in [1.54, 1.807) is 13.1 Å². The van der Waals surface area contributed by atoms with Crippen LogP contribution in [0.5, 0.6) is 0 Å². The first-order valence-corrected chi connectivity index (χ1v) is 10.4. The Bertz CT molecular complexity index is 1040. The fourth-order valence-corrected chi connectivity index (χ4v) is 4.27. The van der Waals surface area contributed by atoms with Gasteiger partial charge in [0, 0.05) is 29.2 Å². The fourth-order valence-electron chi connectivity index (χ4n) is 4.27. The molecule has 0 saturated carbocycles. The van der Waals surface area contributed by atoms with E-state index in [0.717, 1.165) is 36.2 Å². The number of anilines is 1. The van der Waals surface area contributed by atoms with Gasteiger partial charge in [0.05, 0.1) is 11.6 Å². The predicted octanol–water partition coefficient (Wildman–Crippen LogP) is 2.78. The second-order valence-electron chi connectivity index (χ2n) is 8.19. The molecule has 2 atom stereocenters. The van der Waals surface area contributed by atoms with Crippen LogP contribution in [0.3, 0.4) is 0 Å². The van der Waals surface area contributed by atoms with E-state index in [2.05, 4.69) is 27.9 Å². The summed E-state index contributed by atoms with van der Waals surface area (Å²) in [7, 11) is 1.77. The first-order chi connectivity index (χ1) is 14.4. The smallest absolute Gasteiger partial charge is 0.256 e. The average molecular weight is 410 g/mol.